The molecule has 3 rings (SSSR count). The molecule has 2 aromatic rings. The Balaban J connectivity index is 2.06. The van der Waals surface area contributed by atoms with Crippen molar-refractivity contribution in [2.24, 2.45) is 4.99 Å². The molecule has 0 bridgehead atoms. The molecule has 9 heteroatoms. The van der Waals surface area contributed by atoms with E-state index >= 15 is 0 Å². The minimum Gasteiger partial charge on any atom is -0.497 e. The zero-order valence-electron chi connectivity index (χ0n) is 15.3. The topological polar surface area (TPSA) is 109 Å². The van der Waals surface area contributed by atoms with Gasteiger partial charge in [0.1, 0.15) is 5.75 Å². The van der Waals surface area contributed by atoms with Gasteiger partial charge in [-0.25, -0.2) is 9.79 Å². The van der Waals surface area contributed by atoms with Crippen molar-refractivity contribution >= 4 is 23.6 Å². The maximum Gasteiger partial charge on any atom is 0.363 e. The first kappa shape index (κ1) is 18.9. The molecule has 144 valence electrons. The van der Waals surface area contributed by atoms with Gasteiger partial charge in [0.2, 0.25) is 5.90 Å². The maximum absolute atomic E-state index is 12.2. The molecule has 0 N–H and O–H groups in total. The van der Waals surface area contributed by atoms with Gasteiger partial charge in [0, 0.05) is 5.56 Å². The highest BCUT2D eigenvalue weighted by Gasteiger charge is 2.26. The summed E-state index contributed by atoms with van der Waals surface area (Å²) in [6.45, 7) is 0. The lowest BCUT2D eigenvalue weighted by Crippen LogP contribution is -2.05. The molecule has 28 heavy (non-hydrogen) atoms. The summed E-state index contributed by atoms with van der Waals surface area (Å²) in [5, 5.41) is 11.4. The molecule has 1 aliphatic rings. The van der Waals surface area contributed by atoms with Crippen molar-refractivity contribution in [3.63, 3.8) is 0 Å². The summed E-state index contributed by atoms with van der Waals surface area (Å²) in [7, 11) is 4.30. The molecule has 1 heterocycles. The van der Waals surface area contributed by atoms with Crippen LogP contribution in [0.1, 0.15) is 11.1 Å². The summed E-state index contributed by atoms with van der Waals surface area (Å²) >= 11 is 0. The van der Waals surface area contributed by atoms with E-state index in [1.807, 2.05) is 0 Å². The lowest BCUT2D eigenvalue weighted by Gasteiger charge is -2.08. The molecule has 0 amide bonds. The minimum atomic E-state index is -0.720. The number of methoxy groups -OCH3 is 3. The Bertz CT molecular complexity index is 1010. The highest BCUT2D eigenvalue weighted by molar-refractivity contribution is 6.13. The van der Waals surface area contributed by atoms with Crippen LogP contribution in [0.2, 0.25) is 0 Å². The number of ether oxygens (including phenoxy) is 4. The fourth-order valence-electron chi connectivity index (χ4n) is 2.59. The molecule has 0 radical (unpaired) electrons. The molecule has 0 aromatic heterocycles. The quantitative estimate of drug-likeness (QED) is 0.326. The molecular formula is C19H16N2O7. The van der Waals surface area contributed by atoms with Gasteiger partial charge in [-0.3, -0.25) is 10.1 Å². The van der Waals surface area contributed by atoms with Crippen LogP contribution < -0.4 is 14.2 Å². The van der Waals surface area contributed by atoms with Crippen LogP contribution in [0.4, 0.5) is 5.69 Å². The van der Waals surface area contributed by atoms with E-state index in [1.165, 1.54) is 39.5 Å². The Hall–Kier alpha value is -3.88. The van der Waals surface area contributed by atoms with E-state index in [4.69, 9.17) is 18.9 Å². The van der Waals surface area contributed by atoms with Gasteiger partial charge in [-0.1, -0.05) is 6.07 Å². The van der Waals surface area contributed by atoms with E-state index in [2.05, 4.69) is 4.99 Å². The fraction of sp³-hybridized carbons (Fsp3) is 0.158. The summed E-state index contributed by atoms with van der Waals surface area (Å²) in [5.74, 6) is 0.415. The zero-order chi connectivity index (χ0) is 20.3. The van der Waals surface area contributed by atoms with Crippen LogP contribution in [-0.4, -0.2) is 38.1 Å². The molecule has 9 nitrogen and oxygen atoms in total. The van der Waals surface area contributed by atoms with Crippen molar-refractivity contribution in [1.82, 2.24) is 0 Å². The number of nitro benzene ring substituents is 1. The molecule has 0 fully saturated rings. The van der Waals surface area contributed by atoms with E-state index in [9.17, 15) is 14.9 Å². The van der Waals surface area contributed by atoms with Crippen molar-refractivity contribution in [2.75, 3.05) is 21.3 Å². The molecular weight excluding hydrogens is 368 g/mol. The average Bonchev–Trinajstić information content (AvgIpc) is 3.07. The van der Waals surface area contributed by atoms with Crippen LogP contribution in [0, 0.1) is 10.1 Å². The number of nitrogens with zero attached hydrogens (tertiary/aromatic N) is 2. The molecule has 0 spiro atoms. The molecule has 1 aliphatic heterocycles. The number of hydrogen-bond acceptors (Lipinski definition) is 8. The second-order valence-corrected chi connectivity index (χ2v) is 5.59. The molecule has 0 atom stereocenters. The fourth-order valence-corrected chi connectivity index (χ4v) is 2.59. The van der Waals surface area contributed by atoms with E-state index in [0.717, 1.165) is 0 Å². The Morgan fingerprint density at radius 3 is 2.43 bits per heavy atom. The van der Waals surface area contributed by atoms with Gasteiger partial charge in [0.05, 0.1) is 37.9 Å². The van der Waals surface area contributed by atoms with Crippen LogP contribution in [-0.2, 0) is 9.53 Å². The maximum atomic E-state index is 12.2. The lowest BCUT2D eigenvalue weighted by atomic mass is 10.1. The third-order valence-electron chi connectivity index (χ3n) is 3.96. The van der Waals surface area contributed by atoms with Crippen LogP contribution >= 0.6 is 0 Å². The van der Waals surface area contributed by atoms with Gasteiger partial charge in [-0.2, -0.15) is 0 Å². The number of carbonyl (C=O) groups excluding carboxylic acids is 1. The third-order valence-corrected chi connectivity index (χ3v) is 3.96. The molecule has 2 aromatic carbocycles. The number of nitro groups is 1. The van der Waals surface area contributed by atoms with Gasteiger partial charge in [-0.15, -0.1) is 0 Å². The highest BCUT2D eigenvalue weighted by atomic mass is 16.6. The van der Waals surface area contributed by atoms with Gasteiger partial charge < -0.3 is 18.9 Å². The van der Waals surface area contributed by atoms with Crippen LogP contribution in [0.25, 0.3) is 6.08 Å². The van der Waals surface area contributed by atoms with Crippen LogP contribution in [0.5, 0.6) is 17.2 Å². The second kappa shape index (κ2) is 7.78. The average molecular weight is 384 g/mol. The number of cyclic esters (lactones) is 1. The Morgan fingerprint density at radius 2 is 1.79 bits per heavy atom. The summed E-state index contributed by atoms with van der Waals surface area (Å²) < 4.78 is 20.6. The van der Waals surface area contributed by atoms with Crippen molar-refractivity contribution in [2.45, 2.75) is 0 Å². The molecule has 0 saturated carbocycles. The predicted molar refractivity (Wildman–Crippen MR) is 99.8 cm³/mol. The predicted octanol–water partition coefficient (Wildman–Crippen LogP) is 2.97. The summed E-state index contributed by atoms with van der Waals surface area (Å²) in [5.41, 5.74) is 0.333. The van der Waals surface area contributed by atoms with Gasteiger partial charge in [0.25, 0.3) is 5.69 Å². The van der Waals surface area contributed by atoms with E-state index in [0.29, 0.717) is 11.3 Å². The Labute approximate surface area is 160 Å². The third kappa shape index (κ3) is 3.63. The van der Waals surface area contributed by atoms with Crippen molar-refractivity contribution < 1.29 is 28.7 Å². The van der Waals surface area contributed by atoms with Gasteiger partial charge in [0.15, 0.2) is 17.2 Å². The number of carbonyl (C=O) groups is 1. The number of benzene rings is 2. The number of rotatable bonds is 6. The standard InChI is InChI=1S/C19H16N2O7/c1-25-13-6-4-5-11(7-13)18-20-14(19(22)28-18)8-12-9-16(26-2)17(27-3)10-15(12)21(23)24/h4-10H,1-3H3. The summed E-state index contributed by atoms with van der Waals surface area (Å²) in [4.78, 5) is 27.2. The van der Waals surface area contributed by atoms with Gasteiger partial charge in [-0.05, 0) is 30.3 Å². The lowest BCUT2D eigenvalue weighted by molar-refractivity contribution is -0.385. The normalized spacial score (nSPS) is 14.5. The Kier molecular flexibility index (Phi) is 5.25. The first-order valence-corrected chi connectivity index (χ1v) is 8.04. The van der Waals surface area contributed by atoms with Crippen molar-refractivity contribution in [1.29, 1.82) is 0 Å². The first-order chi connectivity index (χ1) is 13.5. The van der Waals surface area contributed by atoms with Crippen LogP contribution in [0.15, 0.2) is 47.1 Å². The monoisotopic (exact) mass is 384 g/mol. The summed E-state index contributed by atoms with van der Waals surface area (Å²) in [6, 6.07) is 9.45. The number of esters is 1. The van der Waals surface area contributed by atoms with Gasteiger partial charge >= 0.3 is 5.97 Å². The smallest absolute Gasteiger partial charge is 0.363 e. The SMILES string of the molecule is COc1cccc(C2=NC(=Cc3cc(OC)c(OC)cc3[N+](=O)[O-])C(=O)O2)c1. The molecule has 0 saturated heterocycles. The zero-order valence-corrected chi connectivity index (χ0v) is 15.3. The minimum absolute atomic E-state index is 0.0758. The van der Waals surface area contributed by atoms with Crippen LogP contribution in [0.3, 0.4) is 0 Å². The highest BCUT2D eigenvalue weighted by Crippen LogP contribution is 2.36. The molecule has 0 aliphatic carbocycles. The first-order valence-electron chi connectivity index (χ1n) is 8.04. The number of aliphatic imine (C=N–C) groups is 1. The summed E-state index contributed by atoms with van der Waals surface area (Å²) in [6.07, 6.45) is 1.27. The largest absolute Gasteiger partial charge is 0.497 e. The second-order valence-electron chi connectivity index (χ2n) is 5.59. The van der Waals surface area contributed by atoms with Crippen molar-refractivity contribution in [3.05, 3.63) is 63.3 Å². The van der Waals surface area contributed by atoms with E-state index in [1.54, 1.807) is 24.3 Å². The van der Waals surface area contributed by atoms with Crippen molar-refractivity contribution in [3.8, 4) is 17.2 Å². The van der Waals surface area contributed by atoms with E-state index in [-0.39, 0.29) is 34.3 Å². The Morgan fingerprint density at radius 1 is 1.07 bits per heavy atom. The molecule has 0 unspecified atom stereocenters. The van der Waals surface area contributed by atoms with E-state index < -0.39 is 10.9 Å². The number of hydrogen-bond donors (Lipinski definition) is 0.